The molecule has 2 rings (SSSR count). The first-order valence-electron chi connectivity index (χ1n) is 5.01. The molecule has 0 heterocycles. The van der Waals surface area contributed by atoms with Gasteiger partial charge in [0.1, 0.15) is 5.75 Å². The van der Waals surface area contributed by atoms with E-state index in [1.807, 2.05) is 18.2 Å². The van der Waals surface area contributed by atoms with E-state index in [1.165, 1.54) is 0 Å². The van der Waals surface area contributed by atoms with Gasteiger partial charge in [0.15, 0.2) is 5.78 Å². The minimum Gasteiger partial charge on any atom is -0.496 e. The number of methoxy groups -OCH3 is 1. The van der Waals surface area contributed by atoms with Gasteiger partial charge in [0.2, 0.25) is 0 Å². The monoisotopic (exact) mass is 268 g/mol. The van der Waals surface area contributed by atoms with Crippen LogP contribution in [-0.2, 0) is 0 Å². The fourth-order valence-electron chi connectivity index (χ4n) is 1.76. The summed E-state index contributed by atoms with van der Waals surface area (Å²) in [4.78, 5) is 12.0. The molecule has 1 saturated carbocycles. The summed E-state index contributed by atoms with van der Waals surface area (Å²) < 4.78 is 6.11. The van der Waals surface area contributed by atoms with Crippen molar-refractivity contribution >= 4 is 21.7 Å². The van der Waals surface area contributed by atoms with Crippen LogP contribution in [0.3, 0.4) is 0 Å². The minimum absolute atomic E-state index is 0.202. The van der Waals surface area contributed by atoms with E-state index in [1.54, 1.807) is 7.11 Å². The molecule has 0 aromatic heterocycles. The lowest BCUT2D eigenvalue weighted by Crippen LogP contribution is -2.05. The highest BCUT2D eigenvalue weighted by Gasteiger charge is 2.40. The summed E-state index contributed by atoms with van der Waals surface area (Å²) in [6.07, 6.45) is 1.01. The quantitative estimate of drug-likeness (QED) is 0.787. The van der Waals surface area contributed by atoms with Crippen molar-refractivity contribution < 1.29 is 9.53 Å². The lowest BCUT2D eigenvalue weighted by molar-refractivity contribution is 0.0959. The largest absolute Gasteiger partial charge is 0.496 e. The third-order valence-corrected chi connectivity index (χ3v) is 3.37. The molecule has 1 aliphatic rings. The maximum Gasteiger partial charge on any atom is 0.169 e. The number of carbonyl (C=O) groups excluding carboxylic acids is 1. The highest BCUT2D eigenvalue weighted by molar-refractivity contribution is 9.10. The van der Waals surface area contributed by atoms with Crippen LogP contribution in [0.1, 0.15) is 23.7 Å². The van der Waals surface area contributed by atoms with Crippen molar-refractivity contribution in [3.05, 3.63) is 28.2 Å². The van der Waals surface area contributed by atoms with E-state index in [9.17, 15) is 4.79 Å². The van der Waals surface area contributed by atoms with Gasteiger partial charge in [-0.25, -0.2) is 0 Å². The van der Waals surface area contributed by atoms with Gasteiger partial charge < -0.3 is 4.74 Å². The number of benzene rings is 1. The molecule has 1 aromatic carbocycles. The fourth-order valence-corrected chi connectivity index (χ4v) is 2.12. The molecule has 3 heteroatoms. The topological polar surface area (TPSA) is 26.3 Å². The van der Waals surface area contributed by atoms with Crippen LogP contribution < -0.4 is 4.74 Å². The fraction of sp³-hybridized carbons (Fsp3) is 0.417. The van der Waals surface area contributed by atoms with E-state index in [4.69, 9.17) is 4.74 Å². The van der Waals surface area contributed by atoms with Crippen LogP contribution in [0.4, 0.5) is 0 Å². The molecule has 0 radical (unpaired) electrons. The van der Waals surface area contributed by atoms with Crippen molar-refractivity contribution in [3.8, 4) is 5.75 Å². The minimum atomic E-state index is 0.202. The predicted molar refractivity (Wildman–Crippen MR) is 62.3 cm³/mol. The summed E-state index contributed by atoms with van der Waals surface area (Å²) in [6.45, 7) is 2.10. The maximum atomic E-state index is 12.0. The zero-order valence-electron chi connectivity index (χ0n) is 8.79. The van der Waals surface area contributed by atoms with E-state index in [0.29, 0.717) is 17.2 Å². The van der Waals surface area contributed by atoms with E-state index in [-0.39, 0.29) is 11.7 Å². The van der Waals surface area contributed by atoms with Gasteiger partial charge in [-0.2, -0.15) is 0 Å². The van der Waals surface area contributed by atoms with Crippen molar-refractivity contribution in [2.24, 2.45) is 11.8 Å². The summed E-state index contributed by atoms with van der Waals surface area (Å²) in [5.41, 5.74) is 0.696. The first-order chi connectivity index (χ1) is 7.13. The van der Waals surface area contributed by atoms with Gasteiger partial charge in [0, 0.05) is 10.4 Å². The molecule has 0 bridgehead atoms. The number of ketones is 1. The first kappa shape index (κ1) is 10.7. The summed E-state index contributed by atoms with van der Waals surface area (Å²) >= 11 is 3.37. The van der Waals surface area contributed by atoms with E-state index in [0.717, 1.165) is 10.9 Å². The Balaban J connectivity index is 2.33. The molecular formula is C12H13BrO2. The van der Waals surface area contributed by atoms with E-state index in [2.05, 4.69) is 22.9 Å². The first-order valence-corrected chi connectivity index (χ1v) is 5.80. The Labute approximate surface area is 97.8 Å². The zero-order valence-corrected chi connectivity index (χ0v) is 10.4. The van der Waals surface area contributed by atoms with Gasteiger partial charge in [-0.3, -0.25) is 4.79 Å². The van der Waals surface area contributed by atoms with Gasteiger partial charge in [-0.15, -0.1) is 0 Å². The highest BCUT2D eigenvalue weighted by atomic mass is 79.9. The van der Waals surface area contributed by atoms with Crippen molar-refractivity contribution in [2.45, 2.75) is 13.3 Å². The SMILES string of the molecule is COc1ccc(Br)cc1C(=O)C1CC1C. The van der Waals surface area contributed by atoms with Crippen molar-refractivity contribution in [3.63, 3.8) is 0 Å². The Bertz CT molecular complexity index is 401. The van der Waals surface area contributed by atoms with Crippen LogP contribution in [0.15, 0.2) is 22.7 Å². The Morgan fingerprint density at radius 1 is 1.53 bits per heavy atom. The molecular weight excluding hydrogens is 256 g/mol. The number of hydrogen-bond acceptors (Lipinski definition) is 2. The van der Waals surface area contributed by atoms with Gasteiger partial charge in [0.25, 0.3) is 0 Å². The molecule has 0 saturated heterocycles. The second-order valence-electron chi connectivity index (χ2n) is 4.03. The Morgan fingerprint density at radius 3 is 2.73 bits per heavy atom. The van der Waals surface area contributed by atoms with Crippen LogP contribution in [0.2, 0.25) is 0 Å². The number of ether oxygens (including phenoxy) is 1. The molecule has 0 amide bonds. The third kappa shape index (κ3) is 2.07. The molecule has 2 atom stereocenters. The van der Waals surface area contributed by atoms with Gasteiger partial charge in [-0.1, -0.05) is 22.9 Å². The molecule has 0 aliphatic heterocycles. The highest BCUT2D eigenvalue weighted by Crippen LogP contribution is 2.42. The molecule has 1 aromatic rings. The molecule has 0 spiro atoms. The summed E-state index contributed by atoms with van der Waals surface area (Å²) in [6, 6.07) is 5.54. The normalized spacial score (nSPS) is 23.7. The molecule has 0 N–H and O–H groups in total. The lowest BCUT2D eigenvalue weighted by atomic mass is 10.1. The Hall–Kier alpha value is -0.830. The molecule has 2 unspecified atom stereocenters. The van der Waals surface area contributed by atoms with Crippen molar-refractivity contribution in [1.29, 1.82) is 0 Å². The van der Waals surface area contributed by atoms with Crippen LogP contribution in [0.25, 0.3) is 0 Å². The van der Waals surface area contributed by atoms with E-state index < -0.39 is 0 Å². The van der Waals surface area contributed by atoms with Crippen LogP contribution in [0, 0.1) is 11.8 Å². The van der Waals surface area contributed by atoms with Crippen LogP contribution in [-0.4, -0.2) is 12.9 Å². The van der Waals surface area contributed by atoms with Crippen molar-refractivity contribution in [2.75, 3.05) is 7.11 Å². The van der Waals surface area contributed by atoms with Gasteiger partial charge in [0.05, 0.1) is 12.7 Å². The number of rotatable bonds is 3. The molecule has 1 aliphatic carbocycles. The molecule has 2 nitrogen and oxygen atoms in total. The lowest BCUT2D eigenvalue weighted by Gasteiger charge is -2.07. The average molecular weight is 269 g/mol. The van der Waals surface area contributed by atoms with Crippen LogP contribution in [0.5, 0.6) is 5.75 Å². The van der Waals surface area contributed by atoms with Gasteiger partial charge in [-0.05, 0) is 30.5 Å². The number of hydrogen-bond donors (Lipinski definition) is 0. The summed E-state index contributed by atoms with van der Waals surface area (Å²) in [5.74, 6) is 1.61. The van der Waals surface area contributed by atoms with Crippen LogP contribution >= 0.6 is 15.9 Å². The number of halogens is 1. The Kier molecular flexibility index (Phi) is 2.83. The number of Topliss-reactive ketones (excluding diaryl/α,β-unsaturated/α-hetero) is 1. The maximum absolute atomic E-state index is 12.0. The summed E-state index contributed by atoms with van der Waals surface area (Å²) in [7, 11) is 1.59. The predicted octanol–water partition coefficient (Wildman–Crippen LogP) is 3.30. The zero-order chi connectivity index (χ0) is 11.0. The third-order valence-electron chi connectivity index (χ3n) is 2.87. The molecule has 80 valence electrons. The smallest absolute Gasteiger partial charge is 0.169 e. The second kappa shape index (κ2) is 3.97. The van der Waals surface area contributed by atoms with Gasteiger partial charge >= 0.3 is 0 Å². The van der Waals surface area contributed by atoms with E-state index >= 15 is 0 Å². The average Bonchev–Trinajstić information content (AvgIpc) is 2.94. The second-order valence-corrected chi connectivity index (χ2v) is 4.94. The molecule has 1 fully saturated rings. The Morgan fingerprint density at radius 2 is 2.20 bits per heavy atom. The standard InChI is InChI=1S/C12H13BrO2/c1-7-5-9(7)12(14)10-6-8(13)3-4-11(10)15-2/h3-4,6-7,9H,5H2,1-2H3. The summed E-state index contributed by atoms with van der Waals surface area (Å²) in [5, 5.41) is 0. The number of carbonyl (C=O) groups is 1. The molecule has 15 heavy (non-hydrogen) atoms. The van der Waals surface area contributed by atoms with Crippen molar-refractivity contribution in [1.82, 2.24) is 0 Å².